The molecule has 1 N–H and O–H groups in total. The number of ether oxygens (including phenoxy) is 1. The first-order valence-electron chi connectivity index (χ1n) is 10.8. The average Bonchev–Trinajstić information content (AvgIpc) is 3.01. The van der Waals surface area contributed by atoms with Gasteiger partial charge in [0.25, 0.3) is 0 Å². The van der Waals surface area contributed by atoms with Crippen molar-refractivity contribution in [3.63, 3.8) is 0 Å². The topological polar surface area (TPSA) is 39.1 Å². The molecule has 2 heterocycles. The Bertz CT molecular complexity index is 1220. The summed E-state index contributed by atoms with van der Waals surface area (Å²) < 4.78 is 7.93. The summed E-state index contributed by atoms with van der Waals surface area (Å²) in [5.41, 5.74) is 5.25. The molecule has 0 amide bonds. The van der Waals surface area contributed by atoms with Gasteiger partial charge in [-0.05, 0) is 61.2 Å². The third-order valence-electron chi connectivity index (χ3n) is 5.65. The minimum Gasteiger partial charge on any atom is -0.489 e. The minimum absolute atomic E-state index is 0.536. The summed E-state index contributed by atoms with van der Waals surface area (Å²) in [6.45, 7) is 1.47. The van der Waals surface area contributed by atoms with E-state index in [1.54, 1.807) is 0 Å². The number of aromatic nitrogens is 2. The van der Waals surface area contributed by atoms with Gasteiger partial charge >= 0.3 is 0 Å². The standard InChI is InChI=1S/C26H23Cl2N3O/c27-23-14-9-19(16-24(23)28)25-22-8-4-5-15-29-26(22)31(30-25)20-10-12-21(13-11-20)32-17-18-6-2-1-3-7-18/h1-3,6-7,9-14,16,29H,4-5,8,15,17H2. The lowest BCUT2D eigenvalue weighted by Gasteiger charge is -2.11. The van der Waals surface area contributed by atoms with Crippen LogP contribution in [0.1, 0.15) is 24.0 Å². The second-order valence-corrected chi connectivity index (χ2v) is 8.68. The molecule has 1 aliphatic heterocycles. The van der Waals surface area contributed by atoms with Gasteiger partial charge in [0.2, 0.25) is 0 Å². The lowest BCUT2D eigenvalue weighted by atomic mass is 10.0. The Kier molecular flexibility index (Phi) is 6.06. The highest BCUT2D eigenvalue weighted by molar-refractivity contribution is 6.42. The van der Waals surface area contributed by atoms with Gasteiger partial charge < -0.3 is 10.1 Å². The molecule has 6 heteroatoms. The van der Waals surface area contributed by atoms with E-state index in [1.165, 1.54) is 5.56 Å². The number of nitrogens with one attached hydrogen (secondary N) is 1. The molecule has 1 aromatic heterocycles. The summed E-state index contributed by atoms with van der Waals surface area (Å²) in [4.78, 5) is 0. The first-order valence-corrected chi connectivity index (χ1v) is 11.5. The smallest absolute Gasteiger partial charge is 0.133 e. The van der Waals surface area contributed by atoms with Crippen LogP contribution in [0.15, 0.2) is 72.8 Å². The molecule has 0 saturated heterocycles. The monoisotopic (exact) mass is 463 g/mol. The Morgan fingerprint density at radius 2 is 1.72 bits per heavy atom. The summed E-state index contributed by atoms with van der Waals surface area (Å²) in [6.07, 6.45) is 3.21. The molecule has 5 rings (SSSR count). The van der Waals surface area contributed by atoms with Crippen molar-refractivity contribution < 1.29 is 4.74 Å². The highest BCUT2D eigenvalue weighted by Gasteiger charge is 2.22. The molecule has 0 spiro atoms. The maximum Gasteiger partial charge on any atom is 0.133 e. The maximum absolute atomic E-state index is 6.30. The van der Waals surface area contributed by atoms with Crippen LogP contribution in [0.2, 0.25) is 10.0 Å². The largest absolute Gasteiger partial charge is 0.489 e. The van der Waals surface area contributed by atoms with Gasteiger partial charge in [-0.25, -0.2) is 4.68 Å². The second kappa shape index (κ2) is 9.27. The van der Waals surface area contributed by atoms with Crippen molar-refractivity contribution in [3.05, 3.63) is 94.0 Å². The minimum atomic E-state index is 0.536. The summed E-state index contributed by atoms with van der Waals surface area (Å²) in [5, 5.41) is 9.64. The highest BCUT2D eigenvalue weighted by atomic mass is 35.5. The Balaban J connectivity index is 1.46. The van der Waals surface area contributed by atoms with Crippen molar-refractivity contribution >= 4 is 29.0 Å². The number of hydrogen-bond acceptors (Lipinski definition) is 3. The normalized spacial score (nSPS) is 13.2. The number of halogens is 2. The zero-order valence-corrected chi connectivity index (χ0v) is 19.0. The number of nitrogens with zero attached hydrogens (tertiary/aromatic N) is 2. The summed E-state index contributed by atoms with van der Waals surface area (Å²) in [7, 11) is 0. The van der Waals surface area contributed by atoms with Gasteiger partial charge in [-0.1, -0.05) is 59.6 Å². The van der Waals surface area contributed by atoms with Gasteiger partial charge in [0.15, 0.2) is 0 Å². The fraction of sp³-hybridized carbons (Fsp3) is 0.192. The Morgan fingerprint density at radius 3 is 2.50 bits per heavy atom. The summed E-state index contributed by atoms with van der Waals surface area (Å²) in [5.74, 6) is 1.87. The molecule has 0 fully saturated rings. The van der Waals surface area contributed by atoms with Crippen LogP contribution in [0, 0.1) is 0 Å². The van der Waals surface area contributed by atoms with Gasteiger partial charge in [0.1, 0.15) is 18.2 Å². The molecule has 4 aromatic rings. The van der Waals surface area contributed by atoms with Crippen molar-refractivity contribution in [3.8, 4) is 22.7 Å². The quantitative estimate of drug-likeness (QED) is 0.340. The zero-order chi connectivity index (χ0) is 21.9. The highest BCUT2D eigenvalue weighted by Crippen LogP contribution is 2.36. The van der Waals surface area contributed by atoms with E-state index in [4.69, 9.17) is 33.0 Å². The van der Waals surface area contributed by atoms with E-state index in [9.17, 15) is 0 Å². The predicted molar refractivity (Wildman–Crippen MR) is 131 cm³/mol. The van der Waals surface area contributed by atoms with E-state index in [2.05, 4.69) is 17.4 Å². The molecule has 32 heavy (non-hydrogen) atoms. The van der Waals surface area contributed by atoms with Crippen molar-refractivity contribution in [1.29, 1.82) is 0 Å². The number of fused-ring (bicyclic) bond motifs is 1. The first kappa shape index (κ1) is 20.9. The van der Waals surface area contributed by atoms with Crippen LogP contribution >= 0.6 is 23.2 Å². The zero-order valence-electron chi connectivity index (χ0n) is 17.5. The van der Waals surface area contributed by atoms with Crippen LogP contribution in [0.5, 0.6) is 5.75 Å². The van der Waals surface area contributed by atoms with E-state index < -0.39 is 0 Å². The van der Waals surface area contributed by atoms with E-state index >= 15 is 0 Å². The van der Waals surface area contributed by atoms with Crippen LogP contribution in [0.3, 0.4) is 0 Å². The third kappa shape index (κ3) is 4.34. The average molecular weight is 464 g/mol. The molecule has 3 aromatic carbocycles. The van der Waals surface area contributed by atoms with Gasteiger partial charge in [-0.2, -0.15) is 5.10 Å². The van der Waals surface area contributed by atoms with Crippen molar-refractivity contribution in [2.75, 3.05) is 11.9 Å². The van der Waals surface area contributed by atoms with Crippen LogP contribution in [0.4, 0.5) is 5.82 Å². The van der Waals surface area contributed by atoms with Crippen LogP contribution < -0.4 is 10.1 Å². The summed E-state index contributed by atoms with van der Waals surface area (Å²) >= 11 is 12.4. The molecule has 0 aliphatic carbocycles. The van der Waals surface area contributed by atoms with E-state index in [0.29, 0.717) is 16.7 Å². The van der Waals surface area contributed by atoms with E-state index in [-0.39, 0.29) is 0 Å². The fourth-order valence-electron chi connectivity index (χ4n) is 3.99. The SMILES string of the molecule is Clc1ccc(-c2nn(-c3ccc(OCc4ccccc4)cc3)c3c2CCCCN3)cc1Cl. The lowest BCUT2D eigenvalue weighted by molar-refractivity contribution is 0.306. The molecule has 1 aliphatic rings. The molecule has 0 atom stereocenters. The molecule has 162 valence electrons. The molecule has 0 saturated carbocycles. The maximum atomic E-state index is 6.30. The fourth-order valence-corrected chi connectivity index (χ4v) is 4.29. The second-order valence-electron chi connectivity index (χ2n) is 7.87. The number of hydrogen-bond donors (Lipinski definition) is 1. The molecule has 0 bridgehead atoms. The number of benzene rings is 3. The molecular formula is C26H23Cl2N3O. The van der Waals surface area contributed by atoms with Gasteiger partial charge in [0, 0.05) is 17.7 Å². The number of anilines is 1. The molecular weight excluding hydrogens is 441 g/mol. The number of rotatable bonds is 5. The summed E-state index contributed by atoms with van der Waals surface area (Å²) in [6, 6.07) is 23.9. The molecule has 0 unspecified atom stereocenters. The predicted octanol–water partition coefficient (Wildman–Crippen LogP) is 7.17. The Morgan fingerprint density at radius 1 is 0.906 bits per heavy atom. The van der Waals surface area contributed by atoms with Crippen LogP contribution in [-0.4, -0.2) is 16.3 Å². The Labute approximate surface area is 197 Å². The first-order chi connectivity index (χ1) is 15.7. The van der Waals surface area contributed by atoms with Crippen LogP contribution in [0.25, 0.3) is 16.9 Å². The Hall–Kier alpha value is -2.95. The van der Waals surface area contributed by atoms with E-state index in [0.717, 1.165) is 59.9 Å². The van der Waals surface area contributed by atoms with E-state index in [1.807, 2.05) is 65.3 Å². The van der Waals surface area contributed by atoms with Crippen molar-refractivity contribution in [2.24, 2.45) is 0 Å². The molecule has 0 radical (unpaired) electrons. The third-order valence-corrected chi connectivity index (χ3v) is 6.39. The lowest BCUT2D eigenvalue weighted by Crippen LogP contribution is -2.07. The van der Waals surface area contributed by atoms with Crippen LogP contribution in [-0.2, 0) is 13.0 Å². The van der Waals surface area contributed by atoms with Crippen molar-refractivity contribution in [1.82, 2.24) is 9.78 Å². The van der Waals surface area contributed by atoms with Gasteiger partial charge in [0.05, 0.1) is 21.4 Å². The van der Waals surface area contributed by atoms with Gasteiger partial charge in [-0.15, -0.1) is 0 Å². The molecule has 4 nitrogen and oxygen atoms in total. The van der Waals surface area contributed by atoms with Gasteiger partial charge in [-0.3, -0.25) is 0 Å². The van der Waals surface area contributed by atoms with Crippen molar-refractivity contribution in [2.45, 2.75) is 25.9 Å².